The quantitative estimate of drug-likeness (QED) is 0.576. The van der Waals surface area contributed by atoms with E-state index in [1.54, 1.807) is 31.4 Å². The summed E-state index contributed by atoms with van der Waals surface area (Å²) in [7, 11) is 2.81. The van der Waals surface area contributed by atoms with Crippen LogP contribution in [0.4, 0.5) is 10.1 Å². The highest BCUT2D eigenvalue weighted by atomic mass is 19.1. The zero-order valence-electron chi connectivity index (χ0n) is 14.6. The maximum Gasteiger partial charge on any atom is 0.337 e. The first-order valence-electron chi connectivity index (χ1n) is 7.98. The molecule has 0 aliphatic carbocycles. The molecule has 26 heavy (non-hydrogen) atoms. The molecule has 0 fully saturated rings. The number of rotatable bonds is 8. The molecule has 0 saturated carbocycles. The van der Waals surface area contributed by atoms with Gasteiger partial charge in [0.25, 0.3) is 0 Å². The van der Waals surface area contributed by atoms with Crippen LogP contribution in [0.15, 0.2) is 42.5 Å². The van der Waals surface area contributed by atoms with Crippen LogP contribution in [0.3, 0.4) is 0 Å². The van der Waals surface area contributed by atoms with Gasteiger partial charge in [-0.05, 0) is 48.9 Å². The topological polar surface area (TPSA) is 73.9 Å². The first kappa shape index (κ1) is 19.2. The van der Waals surface area contributed by atoms with Crippen molar-refractivity contribution in [3.8, 4) is 11.5 Å². The maximum absolute atomic E-state index is 13.8. The predicted molar refractivity (Wildman–Crippen MR) is 94.1 cm³/mol. The summed E-state index contributed by atoms with van der Waals surface area (Å²) in [5.74, 6) is -0.200. The molecule has 0 bridgehead atoms. The molecular weight excluding hydrogens is 341 g/mol. The third-order valence-corrected chi connectivity index (χ3v) is 3.54. The second-order valence-corrected chi connectivity index (χ2v) is 5.36. The van der Waals surface area contributed by atoms with E-state index in [1.165, 1.54) is 19.2 Å². The first-order valence-corrected chi connectivity index (χ1v) is 7.98. The number of methoxy groups -OCH3 is 2. The van der Waals surface area contributed by atoms with Crippen molar-refractivity contribution in [2.75, 3.05) is 26.1 Å². The number of amides is 1. The van der Waals surface area contributed by atoms with E-state index in [2.05, 4.69) is 10.1 Å². The second kappa shape index (κ2) is 9.41. The van der Waals surface area contributed by atoms with Crippen LogP contribution in [-0.2, 0) is 9.53 Å². The molecule has 0 spiro atoms. The van der Waals surface area contributed by atoms with Gasteiger partial charge in [0.2, 0.25) is 5.91 Å². The van der Waals surface area contributed by atoms with Gasteiger partial charge in [0.05, 0.1) is 32.1 Å². The van der Waals surface area contributed by atoms with E-state index < -0.39 is 11.8 Å². The highest BCUT2D eigenvalue weighted by Crippen LogP contribution is 2.18. The minimum atomic E-state index is -0.625. The third kappa shape index (κ3) is 5.47. The van der Waals surface area contributed by atoms with Crippen LogP contribution in [0.1, 0.15) is 23.2 Å². The summed E-state index contributed by atoms with van der Waals surface area (Å²) in [5, 5.41) is 2.45. The zero-order chi connectivity index (χ0) is 18.9. The summed E-state index contributed by atoms with van der Waals surface area (Å²) < 4.78 is 28.9. The number of esters is 1. The number of hydrogen-bond donors (Lipinski definition) is 1. The molecule has 7 heteroatoms. The number of hydrogen-bond acceptors (Lipinski definition) is 5. The van der Waals surface area contributed by atoms with Crippen molar-refractivity contribution in [3.05, 3.63) is 53.8 Å². The van der Waals surface area contributed by atoms with Gasteiger partial charge in [0.1, 0.15) is 17.3 Å². The number of halogens is 1. The van der Waals surface area contributed by atoms with E-state index in [0.29, 0.717) is 18.8 Å². The highest BCUT2D eigenvalue weighted by Gasteiger charge is 2.12. The molecule has 0 heterocycles. The lowest BCUT2D eigenvalue weighted by Gasteiger charge is -2.09. The number of nitrogens with one attached hydrogen (secondary N) is 1. The van der Waals surface area contributed by atoms with Gasteiger partial charge in [0.15, 0.2) is 0 Å². The molecule has 0 radical (unpaired) electrons. The SMILES string of the molecule is COC(=O)c1ccc(F)c(NC(=O)CCCOc2ccc(OC)cc2)c1. The van der Waals surface area contributed by atoms with E-state index in [4.69, 9.17) is 9.47 Å². The Morgan fingerprint density at radius 1 is 1.04 bits per heavy atom. The molecule has 0 aliphatic heterocycles. The summed E-state index contributed by atoms with van der Waals surface area (Å²) in [6, 6.07) is 10.7. The van der Waals surface area contributed by atoms with Gasteiger partial charge in [-0.1, -0.05) is 0 Å². The van der Waals surface area contributed by atoms with Crippen molar-refractivity contribution >= 4 is 17.6 Å². The highest BCUT2D eigenvalue weighted by molar-refractivity contribution is 5.94. The lowest BCUT2D eigenvalue weighted by molar-refractivity contribution is -0.116. The Bertz CT molecular complexity index is 761. The number of anilines is 1. The van der Waals surface area contributed by atoms with E-state index in [0.717, 1.165) is 11.8 Å². The van der Waals surface area contributed by atoms with E-state index in [1.807, 2.05) is 0 Å². The fourth-order valence-corrected chi connectivity index (χ4v) is 2.17. The molecule has 0 saturated heterocycles. The summed E-state index contributed by atoms with van der Waals surface area (Å²) in [6.07, 6.45) is 0.605. The van der Waals surface area contributed by atoms with Crippen molar-refractivity contribution in [1.82, 2.24) is 0 Å². The second-order valence-electron chi connectivity index (χ2n) is 5.36. The predicted octanol–water partition coefficient (Wildman–Crippen LogP) is 3.42. The summed E-state index contributed by atoms with van der Waals surface area (Å²) in [4.78, 5) is 23.4. The lowest BCUT2D eigenvalue weighted by Crippen LogP contribution is -2.14. The Morgan fingerprint density at radius 2 is 1.73 bits per heavy atom. The third-order valence-electron chi connectivity index (χ3n) is 3.54. The Morgan fingerprint density at radius 3 is 2.38 bits per heavy atom. The van der Waals surface area contributed by atoms with E-state index in [9.17, 15) is 14.0 Å². The number of carbonyl (C=O) groups excluding carboxylic acids is 2. The molecule has 0 aliphatic rings. The Hall–Kier alpha value is -3.09. The summed E-state index contributed by atoms with van der Waals surface area (Å²) >= 11 is 0. The van der Waals surface area contributed by atoms with Crippen LogP contribution in [0, 0.1) is 5.82 Å². The number of benzene rings is 2. The first-order chi connectivity index (χ1) is 12.5. The molecule has 2 aromatic rings. The van der Waals surface area contributed by atoms with Gasteiger partial charge >= 0.3 is 5.97 Å². The molecule has 0 unspecified atom stereocenters. The average molecular weight is 361 g/mol. The maximum atomic E-state index is 13.8. The molecule has 1 N–H and O–H groups in total. The van der Waals surface area contributed by atoms with Crippen LogP contribution in [-0.4, -0.2) is 32.7 Å². The molecule has 1 amide bonds. The van der Waals surface area contributed by atoms with Crippen LogP contribution in [0.25, 0.3) is 0 Å². The molecule has 2 aromatic carbocycles. The van der Waals surface area contributed by atoms with Crippen molar-refractivity contribution in [3.63, 3.8) is 0 Å². The smallest absolute Gasteiger partial charge is 0.337 e. The van der Waals surface area contributed by atoms with Crippen molar-refractivity contribution < 1.29 is 28.2 Å². The van der Waals surface area contributed by atoms with Crippen molar-refractivity contribution in [2.24, 2.45) is 0 Å². The van der Waals surface area contributed by atoms with Crippen molar-refractivity contribution in [2.45, 2.75) is 12.8 Å². The van der Waals surface area contributed by atoms with Crippen molar-refractivity contribution in [1.29, 1.82) is 0 Å². The van der Waals surface area contributed by atoms with Crippen LogP contribution in [0.2, 0.25) is 0 Å². The van der Waals surface area contributed by atoms with Gasteiger partial charge in [-0.15, -0.1) is 0 Å². The fourth-order valence-electron chi connectivity index (χ4n) is 2.17. The standard InChI is InChI=1S/C19H20FNO5/c1-24-14-6-8-15(9-7-14)26-11-3-4-18(22)21-17-12-13(19(23)25-2)5-10-16(17)20/h5-10,12H,3-4,11H2,1-2H3,(H,21,22). The normalized spacial score (nSPS) is 10.1. The fraction of sp³-hybridized carbons (Fsp3) is 0.263. The summed E-state index contributed by atoms with van der Waals surface area (Å²) in [5.41, 5.74) is 0.0982. The Labute approximate surface area is 150 Å². The van der Waals surface area contributed by atoms with Crippen LogP contribution < -0.4 is 14.8 Å². The average Bonchev–Trinajstić information content (AvgIpc) is 2.66. The van der Waals surface area contributed by atoms with Gasteiger partial charge in [-0.3, -0.25) is 4.79 Å². The Balaban J connectivity index is 1.80. The minimum Gasteiger partial charge on any atom is -0.497 e. The van der Waals surface area contributed by atoms with Gasteiger partial charge in [-0.25, -0.2) is 9.18 Å². The number of ether oxygens (including phenoxy) is 3. The van der Waals surface area contributed by atoms with Gasteiger partial charge in [0, 0.05) is 6.42 Å². The van der Waals surface area contributed by atoms with E-state index in [-0.39, 0.29) is 23.6 Å². The zero-order valence-corrected chi connectivity index (χ0v) is 14.6. The minimum absolute atomic E-state index is 0.0611. The monoisotopic (exact) mass is 361 g/mol. The van der Waals surface area contributed by atoms with Gasteiger partial charge in [-0.2, -0.15) is 0 Å². The molecule has 0 aromatic heterocycles. The van der Waals surface area contributed by atoms with E-state index >= 15 is 0 Å². The number of carbonyl (C=O) groups is 2. The molecule has 6 nitrogen and oxygen atoms in total. The van der Waals surface area contributed by atoms with Gasteiger partial charge < -0.3 is 19.5 Å². The molecule has 0 atom stereocenters. The molecular formula is C19H20FNO5. The Kier molecular flexibility index (Phi) is 6.96. The van der Waals surface area contributed by atoms with Crippen LogP contribution in [0.5, 0.6) is 11.5 Å². The molecule has 138 valence electrons. The summed E-state index contributed by atoms with van der Waals surface area (Å²) in [6.45, 7) is 0.338. The lowest BCUT2D eigenvalue weighted by atomic mass is 10.2. The largest absolute Gasteiger partial charge is 0.497 e. The molecule has 2 rings (SSSR count). The van der Waals surface area contributed by atoms with Crippen LogP contribution >= 0.6 is 0 Å².